The molecule has 2 aliphatic heterocycles. The zero-order chi connectivity index (χ0) is 32.0. The molecule has 1 aromatic rings. The lowest BCUT2D eigenvalue weighted by molar-refractivity contribution is -0.165. The molecular weight excluding hydrogens is 573 g/mol. The Kier molecular flexibility index (Phi) is 11.8. The van der Waals surface area contributed by atoms with Gasteiger partial charge in [0, 0.05) is 38.8 Å². The van der Waals surface area contributed by atoms with Crippen molar-refractivity contribution in [1.29, 1.82) is 0 Å². The average molecular weight is 614 g/mol. The quantitative estimate of drug-likeness (QED) is 0.177. The number of carboxylic acid groups (broad SMARTS) is 2. The van der Waals surface area contributed by atoms with Crippen LogP contribution in [0.15, 0.2) is 18.2 Å². The zero-order valence-corrected chi connectivity index (χ0v) is 24.1. The van der Waals surface area contributed by atoms with Crippen molar-refractivity contribution in [2.24, 2.45) is 11.8 Å². The largest absolute Gasteiger partial charge is 0.489 e. The summed E-state index contributed by atoms with van der Waals surface area (Å²) in [5, 5.41) is 52.3. The number of carboxylic acids is 2. The number of carbonyl (C=O) groups is 4. The molecule has 240 valence electrons. The van der Waals surface area contributed by atoms with Crippen LogP contribution in [0.2, 0.25) is 0 Å². The molecule has 15 heteroatoms. The van der Waals surface area contributed by atoms with Crippen LogP contribution in [0.25, 0.3) is 0 Å². The summed E-state index contributed by atoms with van der Waals surface area (Å²) in [4.78, 5) is 50.6. The van der Waals surface area contributed by atoms with Crippen molar-refractivity contribution in [2.45, 2.75) is 63.6 Å². The second-order valence-electron chi connectivity index (χ2n) is 11.2. The van der Waals surface area contributed by atoms with Crippen LogP contribution in [0.1, 0.15) is 33.1 Å². The molecule has 0 aromatic heterocycles. The average Bonchev–Trinajstić information content (AvgIpc) is 3.17. The molecule has 6 N–H and O–H groups in total. The molecule has 3 fully saturated rings. The van der Waals surface area contributed by atoms with E-state index in [9.17, 15) is 33.8 Å². The number of imide groups is 1. The van der Waals surface area contributed by atoms with Crippen molar-refractivity contribution in [2.75, 3.05) is 44.2 Å². The van der Waals surface area contributed by atoms with Crippen molar-refractivity contribution in [3.05, 3.63) is 24.0 Å². The van der Waals surface area contributed by atoms with Gasteiger partial charge >= 0.3 is 11.9 Å². The smallest absolute Gasteiger partial charge is 0.335 e. The van der Waals surface area contributed by atoms with Gasteiger partial charge in [0.25, 0.3) is 0 Å². The molecule has 14 nitrogen and oxygen atoms in total. The topological polar surface area (TPSA) is 209 Å². The number of aliphatic hydroxyl groups excluding tert-OH is 4. The number of rotatable bonds is 10. The van der Waals surface area contributed by atoms with E-state index < -0.39 is 48.2 Å². The number of likely N-dealkylation sites (tertiary alicyclic amines) is 1. The second-order valence-corrected chi connectivity index (χ2v) is 11.2. The summed E-state index contributed by atoms with van der Waals surface area (Å²) in [6, 6.07) is 4.61. The Balaban J connectivity index is 0.000000436. The maximum absolute atomic E-state index is 13.9. The number of aliphatic hydroxyl groups is 4. The standard InChI is InChI=1S/C24H34FN3O5.C4H6O6/c1-15(2)33-22-5-4-16(25)12-19(22)27-10-8-26(9-11-27)6-3-7-28-23(31)17-13-20(29)21(30)14-18(17)24(28)32;5-1(3(7)8)2(6)4(9)10/h4-5,12,15,17-18,20-21,29-30H,3,6-11,13-14H2,1-2H3;1-2,5-6H,(H,7,8)(H,9,10). The lowest BCUT2D eigenvalue weighted by atomic mass is 9.78. The van der Waals surface area contributed by atoms with Gasteiger partial charge in [-0.1, -0.05) is 0 Å². The fourth-order valence-corrected chi connectivity index (χ4v) is 5.46. The Morgan fingerprint density at radius 1 is 0.907 bits per heavy atom. The molecule has 43 heavy (non-hydrogen) atoms. The van der Waals surface area contributed by atoms with E-state index in [-0.39, 0.29) is 36.6 Å². The molecule has 4 rings (SSSR count). The maximum atomic E-state index is 13.9. The van der Waals surface area contributed by atoms with Crippen molar-refractivity contribution < 1.29 is 58.9 Å². The van der Waals surface area contributed by atoms with Crippen LogP contribution in [0, 0.1) is 17.7 Å². The zero-order valence-electron chi connectivity index (χ0n) is 24.1. The minimum atomic E-state index is -2.27. The van der Waals surface area contributed by atoms with E-state index in [0.29, 0.717) is 18.7 Å². The lowest BCUT2D eigenvalue weighted by Crippen LogP contribution is -2.47. The normalized spacial score (nSPS) is 25.6. The van der Waals surface area contributed by atoms with Gasteiger partial charge in [0.2, 0.25) is 11.8 Å². The monoisotopic (exact) mass is 613 g/mol. The van der Waals surface area contributed by atoms with Crippen LogP contribution < -0.4 is 9.64 Å². The SMILES string of the molecule is CC(C)Oc1ccc(F)cc1N1CCN(CCCN2C(=O)C3CC(O)C(O)CC3C2=O)CC1.O=C(O)C(O)C(O)C(=O)O. The van der Waals surface area contributed by atoms with E-state index >= 15 is 0 Å². The number of hydrogen-bond acceptors (Lipinski definition) is 11. The number of amides is 2. The van der Waals surface area contributed by atoms with Gasteiger partial charge in [-0.15, -0.1) is 0 Å². The summed E-state index contributed by atoms with van der Waals surface area (Å²) >= 11 is 0. The first-order valence-electron chi connectivity index (χ1n) is 14.2. The Bertz CT molecular complexity index is 1110. The molecule has 0 radical (unpaired) electrons. The van der Waals surface area contributed by atoms with E-state index in [1.165, 1.54) is 17.0 Å². The highest BCUT2D eigenvalue weighted by Gasteiger charge is 2.51. The van der Waals surface area contributed by atoms with Gasteiger partial charge in [0.15, 0.2) is 12.2 Å². The predicted molar refractivity (Wildman–Crippen MR) is 148 cm³/mol. The van der Waals surface area contributed by atoms with Gasteiger partial charge in [-0.05, 0) is 51.8 Å². The van der Waals surface area contributed by atoms with E-state index in [1.54, 1.807) is 6.07 Å². The fourth-order valence-electron chi connectivity index (χ4n) is 5.46. The fraction of sp³-hybridized carbons (Fsp3) is 0.643. The number of aliphatic carboxylic acids is 2. The third-order valence-corrected chi connectivity index (χ3v) is 7.74. The number of carbonyl (C=O) groups excluding carboxylic acids is 2. The molecule has 2 amide bonds. The molecule has 3 aliphatic rings. The summed E-state index contributed by atoms with van der Waals surface area (Å²) in [5.41, 5.74) is 0.767. The van der Waals surface area contributed by atoms with Crippen LogP contribution in [-0.2, 0) is 19.2 Å². The molecule has 1 aromatic carbocycles. The van der Waals surface area contributed by atoms with Gasteiger partial charge in [0.1, 0.15) is 11.6 Å². The maximum Gasteiger partial charge on any atom is 0.335 e. The second kappa shape index (κ2) is 14.9. The van der Waals surface area contributed by atoms with Crippen LogP contribution >= 0.6 is 0 Å². The lowest BCUT2D eigenvalue weighted by Gasteiger charge is -2.37. The van der Waals surface area contributed by atoms with Gasteiger partial charge in [0.05, 0.1) is 35.8 Å². The third kappa shape index (κ3) is 8.60. The predicted octanol–water partition coefficient (Wildman–Crippen LogP) is -0.881. The number of anilines is 1. The summed E-state index contributed by atoms with van der Waals surface area (Å²) < 4.78 is 19.7. The number of benzene rings is 1. The first-order valence-corrected chi connectivity index (χ1v) is 14.2. The van der Waals surface area contributed by atoms with Crippen molar-refractivity contribution in [1.82, 2.24) is 9.80 Å². The Hall–Kier alpha value is -3.37. The highest BCUT2D eigenvalue weighted by atomic mass is 19.1. The molecule has 2 heterocycles. The Morgan fingerprint density at radius 2 is 1.42 bits per heavy atom. The van der Waals surface area contributed by atoms with Crippen LogP contribution in [0.5, 0.6) is 5.75 Å². The van der Waals surface area contributed by atoms with Crippen LogP contribution in [0.3, 0.4) is 0 Å². The van der Waals surface area contributed by atoms with Gasteiger partial charge in [-0.3, -0.25) is 19.4 Å². The van der Waals surface area contributed by atoms with Gasteiger partial charge < -0.3 is 40.3 Å². The van der Waals surface area contributed by atoms with E-state index in [4.69, 9.17) is 25.2 Å². The molecule has 6 unspecified atom stereocenters. The van der Waals surface area contributed by atoms with Gasteiger partial charge in [-0.2, -0.15) is 0 Å². The Morgan fingerprint density at radius 3 is 1.88 bits per heavy atom. The molecular formula is C28H40FN3O11. The minimum absolute atomic E-state index is 0.00173. The molecule has 0 spiro atoms. The number of ether oxygens (including phenoxy) is 1. The number of nitrogens with zero attached hydrogens (tertiary/aromatic N) is 3. The molecule has 1 aliphatic carbocycles. The molecule has 0 bridgehead atoms. The summed E-state index contributed by atoms with van der Waals surface area (Å²) in [6.45, 7) is 8.06. The number of halogens is 1. The molecule has 2 saturated heterocycles. The number of hydrogen-bond donors (Lipinski definition) is 6. The molecule has 6 atom stereocenters. The highest BCUT2D eigenvalue weighted by Crippen LogP contribution is 2.38. The summed E-state index contributed by atoms with van der Waals surface area (Å²) in [5.74, 6) is -4.59. The Labute approximate surface area is 247 Å². The van der Waals surface area contributed by atoms with Crippen LogP contribution in [-0.4, -0.2) is 134 Å². The third-order valence-electron chi connectivity index (χ3n) is 7.74. The van der Waals surface area contributed by atoms with Crippen molar-refractivity contribution >= 4 is 29.4 Å². The van der Waals surface area contributed by atoms with E-state index in [0.717, 1.165) is 38.4 Å². The highest BCUT2D eigenvalue weighted by molar-refractivity contribution is 6.05. The first-order chi connectivity index (χ1) is 20.2. The minimum Gasteiger partial charge on any atom is -0.489 e. The first kappa shape index (κ1) is 34.1. The summed E-state index contributed by atoms with van der Waals surface area (Å²) in [7, 11) is 0. The summed E-state index contributed by atoms with van der Waals surface area (Å²) in [6.07, 6.45) is -5.44. The van der Waals surface area contributed by atoms with Gasteiger partial charge in [-0.25, -0.2) is 14.0 Å². The number of piperazine rings is 1. The number of fused-ring (bicyclic) bond motifs is 1. The van der Waals surface area contributed by atoms with Crippen molar-refractivity contribution in [3.63, 3.8) is 0 Å². The van der Waals surface area contributed by atoms with E-state index in [1.807, 2.05) is 13.8 Å². The van der Waals surface area contributed by atoms with E-state index in [2.05, 4.69) is 9.80 Å². The van der Waals surface area contributed by atoms with Crippen LogP contribution in [0.4, 0.5) is 10.1 Å². The molecule has 1 saturated carbocycles. The van der Waals surface area contributed by atoms with Crippen molar-refractivity contribution in [3.8, 4) is 5.75 Å².